The first-order chi connectivity index (χ1) is 14.8. The molecule has 2 aliphatic rings. The Kier molecular flexibility index (Phi) is 6.05. The number of aromatic nitrogens is 2. The van der Waals surface area contributed by atoms with Crippen molar-refractivity contribution in [3.63, 3.8) is 0 Å². The van der Waals surface area contributed by atoms with Gasteiger partial charge in [0.1, 0.15) is 20.3 Å². The molecule has 7 nitrogen and oxygen atoms in total. The van der Waals surface area contributed by atoms with Crippen LogP contribution in [-0.2, 0) is 18.4 Å². The van der Waals surface area contributed by atoms with Gasteiger partial charge in [0, 0.05) is 31.2 Å². The van der Waals surface area contributed by atoms with Gasteiger partial charge < -0.3 is 4.90 Å². The molecule has 1 fully saturated rings. The molecule has 0 N–H and O–H groups in total. The van der Waals surface area contributed by atoms with Gasteiger partial charge in [-0.25, -0.2) is 4.57 Å². The molecule has 0 atom stereocenters. The molecular formula is C21H24N5O2S3+. The quantitative estimate of drug-likeness (QED) is 0.636. The third-order valence-electron chi connectivity index (χ3n) is 4.96. The van der Waals surface area contributed by atoms with Gasteiger partial charge in [-0.2, -0.15) is 0 Å². The van der Waals surface area contributed by atoms with Gasteiger partial charge >= 0.3 is 5.13 Å². The molecule has 0 saturated carbocycles. The maximum absolute atomic E-state index is 13.4. The number of likely N-dealkylation sites (N-methyl/N-ethyl adjacent to an activating group) is 1. The van der Waals surface area contributed by atoms with E-state index in [9.17, 15) is 9.59 Å². The minimum absolute atomic E-state index is 0.0466. The smallest absolute Gasteiger partial charge is 0.350 e. The van der Waals surface area contributed by atoms with E-state index in [1.165, 1.54) is 34.4 Å². The molecule has 162 valence electrons. The number of hydrogen-bond acceptors (Lipinski definition) is 7. The van der Waals surface area contributed by atoms with Crippen molar-refractivity contribution in [1.29, 1.82) is 0 Å². The number of hydrogen-bond donors (Lipinski definition) is 0. The van der Waals surface area contributed by atoms with Gasteiger partial charge in [-0.1, -0.05) is 17.4 Å². The Balaban J connectivity index is 1.96. The molecule has 10 heteroatoms. The van der Waals surface area contributed by atoms with Crippen LogP contribution in [0.15, 0.2) is 45.8 Å². The third kappa shape index (κ3) is 3.83. The first-order valence-electron chi connectivity index (χ1n) is 9.92. The molecule has 2 aromatic rings. The summed E-state index contributed by atoms with van der Waals surface area (Å²) in [5.74, 6) is -0.106. The topological polar surface area (TPSA) is 61.8 Å². The van der Waals surface area contributed by atoms with E-state index in [0.717, 1.165) is 10.8 Å². The molecule has 1 amide bonds. The maximum Gasteiger partial charge on any atom is 0.384 e. The highest BCUT2D eigenvalue weighted by Gasteiger charge is 2.40. The van der Waals surface area contributed by atoms with E-state index in [2.05, 4.69) is 0 Å². The predicted molar refractivity (Wildman–Crippen MR) is 129 cm³/mol. The zero-order valence-electron chi connectivity index (χ0n) is 18.0. The molecule has 0 aliphatic carbocycles. The van der Waals surface area contributed by atoms with Crippen molar-refractivity contribution in [2.24, 2.45) is 12.0 Å². The second-order valence-corrected chi connectivity index (χ2v) is 10.2. The van der Waals surface area contributed by atoms with Gasteiger partial charge in [0.05, 0.1) is 12.7 Å². The lowest BCUT2D eigenvalue weighted by Crippen LogP contribution is -2.37. The molecular weight excluding hydrogens is 450 g/mol. The van der Waals surface area contributed by atoms with Crippen molar-refractivity contribution in [3.05, 3.63) is 55.6 Å². The standard InChI is InChI=1S/C21H24N5O2S3/c1-6-25-17(27)15(14-9-7-8-10-23(14)4)30-19(25)16-18(28)26(13(2)3)21(31-16)22-20-24(5)11-12-29-20/h7-13H,6H2,1-5H3/q+1. The summed E-state index contributed by atoms with van der Waals surface area (Å²) in [6.07, 6.45) is 9.62. The third-order valence-corrected chi connectivity index (χ3v) is 8.19. The van der Waals surface area contributed by atoms with Crippen LogP contribution < -0.4 is 19.3 Å². The molecule has 0 radical (unpaired) electrons. The molecule has 0 aromatic carbocycles. The summed E-state index contributed by atoms with van der Waals surface area (Å²) in [4.78, 5) is 35.6. The van der Waals surface area contributed by atoms with Crippen molar-refractivity contribution in [2.75, 3.05) is 7.05 Å². The van der Waals surface area contributed by atoms with Crippen LogP contribution in [0.1, 0.15) is 20.8 Å². The van der Waals surface area contributed by atoms with Gasteiger partial charge in [0.15, 0.2) is 0 Å². The number of carbonyl (C=O) groups is 1. The number of amides is 1. The van der Waals surface area contributed by atoms with Crippen LogP contribution in [-0.4, -0.2) is 38.5 Å². The number of thioether (sulfide) groups is 1. The van der Waals surface area contributed by atoms with E-state index in [-0.39, 0.29) is 17.5 Å². The second kappa shape index (κ2) is 8.60. The minimum atomic E-state index is -0.106. The lowest BCUT2D eigenvalue weighted by Gasteiger charge is -2.16. The summed E-state index contributed by atoms with van der Waals surface area (Å²) < 4.78 is 4.94. The first kappa shape index (κ1) is 21.8. The Labute approximate surface area is 192 Å². The average Bonchev–Trinajstić information content (AvgIpc) is 3.38. The van der Waals surface area contributed by atoms with Crippen LogP contribution in [0, 0.1) is 0 Å². The number of aryl methyl sites for hydroxylation is 1. The van der Waals surface area contributed by atoms with Crippen LogP contribution >= 0.6 is 34.4 Å². The number of carbonyl (C=O) groups excluding carboxylic acids is 1. The molecule has 0 spiro atoms. The fourth-order valence-electron chi connectivity index (χ4n) is 3.35. The van der Waals surface area contributed by atoms with Gasteiger partial charge in [0.25, 0.3) is 16.6 Å². The SMILES string of the molecule is CCn1c(=C2SC(=Nc3scc[n+]3C)N(C(C)C)C2=O)sc(=C2C=CC=CN2C)c1=O. The summed E-state index contributed by atoms with van der Waals surface area (Å²) in [6, 6.07) is -0.0466. The predicted octanol–water partition coefficient (Wildman–Crippen LogP) is 1.72. The molecule has 31 heavy (non-hydrogen) atoms. The van der Waals surface area contributed by atoms with Gasteiger partial charge in [-0.3, -0.25) is 19.1 Å². The van der Waals surface area contributed by atoms with Crippen molar-refractivity contribution >= 4 is 61.2 Å². The largest absolute Gasteiger partial charge is 0.384 e. The van der Waals surface area contributed by atoms with E-state index < -0.39 is 0 Å². The number of nitrogens with zero attached hydrogens (tertiary/aromatic N) is 5. The van der Waals surface area contributed by atoms with Crippen molar-refractivity contribution in [3.8, 4) is 0 Å². The van der Waals surface area contributed by atoms with Crippen LogP contribution in [0.4, 0.5) is 5.13 Å². The van der Waals surface area contributed by atoms with Crippen LogP contribution in [0.3, 0.4) is 0 Å². The summed E-state index contributed by atoms with van der Waals surface area (Å²) in [5.41, 5.74) is 0.763. The Bertz CT molecular complexity index is 1310. The van der Waals surface area contributed by atoms with E-state index in [4.69, 9.17) is 4.99 Å². The maximum atomic E-state index is 13.4. The van der Waals surface area contributed by atoms with Crippen LogP contribution in [0.25, 0.3) is 10.6 Å². The lowest BCUT2D eigenvalue weighted by molar-refractivity contribution is -0.653. The Morgan fingerprint density at radius 3 is 2.61 bits per heavy atom. The molecule has 0 bridgehead atoms. The molecule has 4 heterocycles. The second-order valence-electron chi connectivity index (χ2n) is 7.37. The highest BCUT2D eigenvalue weighted by atomic mass is 32.2. The number of rotatable bonds is 3. The van der Waals surface area contributed by atoms with Gasteiger partial charge in [-0.15, -0.1) is 11.3 Å². The molecule has 2 aromatic heterocycles. The molecule has 0 unspecified atom stereocenters. The monoisotopic (exact) mass is 474 g/mol. The number of thiazole rings is 2. The van der Waals surface area contributed by atoms with Gasteiger partial charge in [-0.05, 0) is 49.7 Å². The lowest BCUT2D eigenvalue weighted by atomic mass is 10.3. The Morgan fingerprint density at radius 2 is 2.00 bits per heavy atom. The van der Waals surface area contributed by atoms with Crippen molar-refractivity contribution in [2.45, 2.75) is 33.4 Å². The molecule has 1 saturated heterocycles. The molecule has 2 aliphatic heterocycles. The summed E-state index contributed by atoms with van der Waals surface area (Å²) in [5, 5.41) is 3.42. The normalized spacial score (nSPS) is 21.4. The van der Waals surface area contributed by atoms with Crippen molar-refractivity contribution < 1.29 is 9.36 Å². The minimum Gasteiger partial charge on any atom is -0.350 e. The van der Waals surface area contributed by atoms with Gasteiger partial charge in [0.2, 0.25) is 0 Å². The van der Waals surface area contributed by atoms with Crippen LogP contribution in [0.5, 0.6) is 0 Å². The zero-order valence-corrected chi connectivity index (χ0v) is 20.5. The molecule has 4 rings (SSSR count). The zero-order chi connectivity index (χ0) is 22.3. The highest BCUT2D eigenvalue weighted by Crippen LogP contribution is 2.34. The fourth-order valence-corrected chi connectivity index (χ4v) is 6.69. The summed E-state index contributed by atoms with van der Waals surface area (Å²) in [7, 11) is 3.85. The van der Waals surface area contributed by atoms with E-state index in [1.54, 1.807) is 9.47 Å². The van der Waals surface area contributed by atoms with Crippen LogP contribution in [0.2, 0.25) is 0 Å². The number of aliphatic imine (C=N–C) groups is 1. The number of allylic oxidation sites excluding steroid dienone is 2. The van der Waals surface area contributed by atoms with E-state index in [0.29, 0.717) is 25.8 Å². The first-order valence-corrected chi connectivity index (χ1v) is 12.4. The Morgan fingerprint density at radius 1 is 1.23 bits per heavy atom. The van der Waals surface area contributed by atoms with Crippen molar-refractivity contribution in [1.82, 2.24) is 14.4 Å². The number of amidine groups is 1. The average molecular weight is 475 g/mol. The summed E-state index contributed by atoms with van der Waals surface area (Å²) in [6.45, 7) is 6.37. The summed E-state index contributed by atoms with van der Waals surface area (Å²) >= 11 is 4.24. The highest BCUT2D eigenvalue weighted by molar-refractivity contribution is 8.23. The fraction of sp³-hybridized carbons (Fsp3) is 0.333. The van der Waals surface area contributed by atoms with E-state index >= 15 is 0 Å². The Hall–Kier alpha value is -2.43. The van der Waals surface area contributed by atoms with E-state index in [1.807, 2.05) is 80.3 Å².